The molecule has 100 valence electrons. The summed E-state index contributed by atoms with van der Waals surface area (Å²) in [5.41, 5.74) is 0.177. The van der Waals surface area contributed by atoms with Gasteiger partial charge in [0.15, 0.2) is 0 Å². The number of ether oxygens (including phenoxy) is 1. The summed E-state index contributed by atoms with van der Waals surface area (Å²) in [5.74, 6) is -0.917. The minimum Gasteiger partial charge on any atom is -0.480 e. The fraction of sp³-hybridized carbons (Fsp3) is 0.462. The highest BCUT2D eigenvalue weighted by Crippen LogP contribution is 2.21. The van der Waals surface area contributed by atoms with E-state index in [9.17, 15) is 9.90 Å². The Bertz CT molecular complexity index is 420. The first-order chi connectivity index (χ1) is 8.34. The first-order valence-corrected chi connectivity index (χ1v) is 6.02. The monoisotopic (exact) mass is 271 g/mol. The summed E-state index contributed by atoms with van der Waals surface area (Å²) in [4.78, 5) is 11.2. The summed E-state index contributed by atoms with van der Waals surface area (Å²) in [6.07, 6.45) is 0.353. The lowest BCUT2D eigenvalue weighted by molar-refractivity contribution is -0.139. The predicted molar refractivity (Wildman–Crippen MR) is 72.2 cm³/mol. The van der Waals surface area contributed by atoms with Crippen LogP contribution in [0.2, 0.25) is 5.02 Å². The van der Waals surface area contributed by atoms with Gasteiger partial charge in [-0.2, -0.15) is 0 Å². The fourth-order valence-corrected chi connectivity index (χ4v) is 1.74. The maximum absolute atomic E-state index is 11.2. The maximum atomic E-state index is 11.2. The molecule has 0 spiro atoms. The number of rotatable bonds is 6. The molecule has 18 heavy (non-hydrogen) atoms. The highest BCUT2D eigenvalue weighted by molar-refractivity contribution is 6.30. The second kappa shape index (κ2) is 6.07. The lowest BCUT2D eigenvalue weighted by Gasteiger charge is -2.27. The van der Waals surface area contributed by atoms with Crippen LogP contribution in [0.5, 0.6) is 0 Å². The van der Waals surface area contributed by atoms with Crippen LogP contribution in [-0.4, -0.2) is 29.8 Å². The molecule has 1 aromatic carbocycles. The summed E-state index contributed by atoms with van der Waals surface area (Å²) in [7, 11) is 1.57. The van der Waals surface area contributed by atoms with Crippen molar-refractivity contribution in [3.8, 4) is 0 Å². The van der Waals surface area contributed by atoms with Crippen molar-refractivity contribution in [3.63, 3.8) is 0 Å². The molecule has 0 saturated carbocycles. The molecule has 0 heterocycles. The lowest BCUT2D eigenvalue weighted by atomic mass is 9.98. The van der Waals surface area contributed by atoms with Crippen molar-refractivity contribution < 1.29 is 14.6 Å². The molecular weight excluding hydrogens is 254 g/mol. The van der Waals surface area contributed by atoms with Crippen LogP contribution in [-0.2, 0) is 9.53 Å². The van der Waals surface area contributed by atoms with Crippen LogP contribution in [0.4, 0.5) is 5.69 Å². The minimum atomic E-state index is -0.917. The van der Waals surface area contributed by atoms with Crippen LogP contribution in [0, 0.1) is 0 Å². The molecule has 0 aliphatic heterocycles. The van der Waals surface area contributed by atoms with E-state index >= 15 is 0 Å². The molecule has 0 saturated heterocycles. The average Bonchev–Trinajstić information content (AvgIpc) is 2.28. The van der Waals surface area contributed by atoms with Crippen LogP contribution in [0.25, 0.3) is 0 Å². The van der Waals surface area contributed by atoms with Crippen molar-refractivity contribution >= 4 is 23.3 Å². The Kier molecular flexibility index (Phi) is 4.99. The van der Waals surface area contributed by atoms with Crippen LogP contribution in [0.1, 0.15) is 20.3 Å². The third-order valence-electron chi connectivity index (χ3n) is 2.71. The number of anilines is 1. The van der Waals surface area contributed by atoms with E-state index < -0.39 is 17.6 Å². The van der Waals surface area contributed by atoms with Crippen LogP contribution in [0.15, 0.2) is 24.3 Å². The van der Waals surface area contributed by atoms with Gasteiger partial charge in [0.05, 0.1) is 5.60 Å². The molecule has 5 heteroatoms. The van der Waals surface area contributed by atoms with E-state index in [0.29, 0.717) is 17.1 Å². The lowest BCUT2D eigenvalue weighted by Crippen LogP contribution is -2.38. The van der Waals surface area contributed by atoms with Crippen LogP contribution < -0.4 is 5.32 Å². The SMILES string of the molecule is COC(C)(C)CC(Nc1cccc(Cl)c1)C(=O)O. The normalized spacial score (nSPS) is 13.1. The van der Waals surface area contributed by atoms with Gasteiger partial charge < -0.3 is 15.2 Å². The summed E-state index contributed by atoms with van der Waals surface area (Å²) >= 11 is 5.86. The Morgan fingerprint density at radius 3 is 2.72 bits per heavy atom. The number of carboxylic acids is 1. The molecule has 2 N–H and O–H groups in total. The highest BCUT2D eigenvalue weighted by atomic mass is 35.5. The number of hydrogen-bond donors (Lipinski definition) is 2. The number of benzene rings is 1. The van der Waals surface area contributed by atoms with Gasteiger partial charge in [0, 0.05) is 24.2 Å². The molecule has 0 aliphatic carbocycles. The molecule has 1 rings (SSSR count). The van der Waals surface area contributed by atoms with E-state index in [2.05, 4.69) is 5.32 Å². The van der Waals surface area contributed by atoms with Gasteiger partial charge >= 0.3 is 5.97 Å². The Balaban J connectivity index is 2.78. The first kappa shape index (κ1) is 14.8. The van der Waals surface area contributed by atoms with Gasteiger partial charge in [-0.15, -0.1) is 0 Å². The number of halogens is 1. The fourth-order valence-electron chi connectivity index (χ4n) is 1.55. The molecule has 0 radical (unpaired) electrons. The molecule has 0 aliphatic rings. The van der Waals surface area contributed by atoms with Crippen LogP contribution in [0.3, 0.4) is 0 Å². The zero-order valence-corrected chi connectivity index (χ0v) is 11.5. The molecular formula is C13H18ClNO3. The Hall–Kier alpha value is -1.26. The number of hydrogen-bond acceptors (Lipinski definition) is 3. The van der Waals surface area contributed by atoms with Crippen molar-refractivity contribution in [2.75, 3.05) is 12.4 Å². The number of methoxy groups -OCH3 is 1. The largest absolute Gasteiger partial charge is 0.480 e. The summed E-state index contributed by atoms with van der Waals surface area (Å²) in [5, 5.41) is 12.7. The van der Waals surface area contributed by atoms with E-state index in [1.165, 1.54) is 0 Å². The summed E-state index contributed by atoms with van der Waals surface area (Å²) in [6.45, 7) is 3.70. The van der Waals surface area contributed by atoms with Crippen LogP contribution >= 0.6 is 11.6 Å². The quantitative estimate of drug-likeness (QED) is 0.835. The second-order valence-electron chi connectivity index (χ2n) is 4.71. The van der Waals surface area contributed by atoms with Gasteiger partial charge in [-0.05, 0) is 32.0 Å². The van der Waals surface area contributed by atoms with Gasteiger partial charge in [0.1, 0.15) is 6.04 Å². The zero-order valence-electron chi connectivity index (χ0n) is 10.7. The maximum Gasteiger partial charge on any atom is 0.326 e. The van der Waals surface area contributed by atoms with E-state index in [0.717, 1.165) is 0 Å². The van der Waals surface area contributed by atoms with Crippen molar-refractivity contribution in [1.29, 1.82) is 0 Å². The molecule has 1 aromatic rings. The third-order valence-corrected chi connectivity index (χ3v) is 2.95. The molecule has 0 amide bonds. The van der Waals surface area contributed by atoms with E-state index in [4.69, 9.17) is 16.3 Å². The van der Waals surface area contributed by atoms with E-state index in [1.54, 1.807) is 31.4 Å². The number of aliphatic carboxylic acids is 1. The smallest absolute Gasteiger partial charge is 0.326 e. The highest BCUT2D eigenvalue weighted by Gasteiger charge is 2.27. The third kappa shape index (κ3) is 4.55. The van der Waals surface area contributed by atoms with Gasteiger partial charge in [0.25, 0.3) is 0 Å². The molecule has 1 unspecified atom stereocenters. The molecule has 1 atom stereocenters. The van der Waals surface area contributed by atoms with E-state index in [-0.39, 0.29) is 0 Å². The van der Waals surface area contributed by atoms with Crippen molar-refractivity contribution in [3.05, 3.63) is 29.3 Å². The molecule has 0 fully saturated rings. The van der Waals surface area contributed by atoms with Crippen molar-refractivity contribution in [2.45, 2.75) is 31.9 Å². The Morgan fingerprint density at radius 1 is 1.56 bits per heavy atom. The number of nitrogens with one attached hydrogen (secondary N) is 1. The Labute approximate surface area is 112 Å². The summed E-state index contributed by atoms with van der Waals surface area (Å²) in [6, 6.07) is 6.25. The Morgan fingerprint density at radius 2 is 2.22 bits per heavy atom. The number of carboxylic acid groups (broad SMARTS) is 1. The zero-order chi connectivity index (χ0) is 13.8. The molecule has 4 nitrogen and oxygen atoms in total. The minimum absolute atomic E-state index is 0.353. The predicted octanol–water partition coefficient (Wildman–Crippen LogP) is 3.02. The van der Waals surface area contributed by atoms with Crippen molar-refractivity contribution in [2.24, 2.45) is 0 Å². The first-order valence-electron chi connectivity index (χ1n) is 5.64. The van der Waals surface area contributed by atoms with Gasteiger partial charge in [-0.1, -0.05) is 17.7 Å². The van der Waals surface area contributed by atoms with E-state index in [1.807, 2.05) is 13.8 Å². The van der Waals surface area contributed by atoms with Gasteiger partial charge in [-0.25, -0.2) is 4.79 Å². The van der Waals surface area contributed by atoms with Gasteiger partial charge in [-0.3, -0.25) is 0 Å². The average molecular weight is 272 g/mol. The summed E-state index contributed by atoms with van der Waals surface area (Å²) < 4.78 is 5.25. The molecule has 0 bridgehead atoms. The molecule has 0 aromatic heterocycles. The van der Waals surface area contributed by atoms with Gasteiger partial charge in [0.2, 0.25) is 0 Å². The topological polar surface area (TPSA) is 58.6 Å². The number of carbonyl (C=O) groups is 1. The second-order valence-corrected chi connectivity index (χ2v) is 5.15. The standard InChI is InChI=1S/C13H18ClNO3/c1-13(2,18-3)8-11(12(16)17)15-10-6-4-5-9(14)7-10/h4-7,11,15H,8H2,1-3H3,(H,16,17). The van der Waals surface area contributed by atoms with Crippen molar-refractivity contribution in [1.82, 2.24) is 0 Å².